The summed E-state index contributed by atoms with van der Waals surface area (Å²) in [5, 5.41) is 8.99. The van der Waals surface area contributed by atoms with E-state index in [1.165, 1.54) is 0 Å². The van der Waals surface area contributed by atoms with Crippen molar-refractivity contribution in [1.82, 2.24) is 4.98 Å². The molecule has 1 rings (SSSR count). The molecule has 1 heterocycles. The van der Waals surface area contributed by atoms with Crippen LogP contribution in [-0.2, 0) is 6.18 Å². The van der Waals surface area contributed by atoms with Crippen molar-refractivity contribution in [3.05, 3.63) is 11.6 Å². The van der Waals surface area contributed by atoms with Crippen molar-refractivity contribution in [1.29, 1.82) is 0 Å². The molecule has 0 atom stereocenters. The second kappa shape index (κ2) is 4.42. The number of halogens is 6. The van der Waals surface area contributed by atoms with E-state index in [9.17, 15) is 26.3 Å². The second-order valence-electron chi connectivity index (χ2n) is 2.92. The van der Waals surface area contributed by atoms with E-state index in [4.69, 9.17) is 5.11 Å². The van der Waals surface area contributed by atoms with Crippen molar-refractivity contribution in [2.24, 2.45) is 0 Å². The summed E-state index contributed by atoms with van der Waals surface area (Å²) < 4.78 is 80.2. The fourth-order valence-electron chi connectivity index (χ4n) is 1.01. The quantitative estimate of drug-likeness (QED) is 0.844. The zero-order valence-corrected chi connectivity index (χ0v) is 8.56. The minimum atomic E-state index is -5.20. The number of aromatic nitrogens is 1. The lowest BCUT2D eigenvalue weighted by atomic mass is 10.2. The van der Waals surface area contributed by atoms with Crippen LogP contribution in [-0.4, -0.2) is 23.6 Å². The van der Waals surface area contributed by atoms with Crippen molar-refractivity contribution in [3.63, 3.8) is 0 Å². The van der Waals surface area contributed by atoms with Crippen LogP contribution in [0.1, 0.15) is 5.56 Å². The molecule has 18 heavy (non-hydrogen) atoms. The first-order chi connectivity index (χ1) is 8.04. The summed E-state index contributed by atoms with van der Waals surface area (Å²) in [5.74, 6) is -3.97. The number of rotatable bonds is 2. The van der Waals surface area contributed by atoms with Crippen molar-refractivity contribution in [2.75, 3.05) is 7.11 Å². The summed E-state index contributed by atoms with van der Waals surface area (Å²) in [4.78, 5) is 2.81. The van der Waals surface area contributed by atoms with Crippen LogP contribution in [0.5, 0.6) is 17.5 Å². The topological polar surface area (TPSA) is 51.6 Å². The monoisotopic (exact) mass is 277 g/mol. The van der Waals surface area contributed by atoms with E-state index in [2.05, 4.69) is 14.5 Å². The van der Waals surface area contributed by atoms with Crippen molar-refractivity contribution < 1.29 is 40.9 Å². The summed E-state index contributed by atoms with van der Waals surface area (Å²) in [6, 6.07) is 0.0346. The van der Waals surface area contributed by atoms with Crippen LogP contribution in [0.15, 0.2) is 6.07 Å². The lowest BCUT2D eigenvalue weighted by molar-refractivity contribution is -0.276. The maximum absolute atomic E-state index is 12.4. The highest BCUT2D eigenvalue weighted by molar-refractivity contribution is 5.43. The Balaban J connectivity index is 3.27. The Kier molecular flexibility index (Phi) is 3.49. The van der Waals surface area contributed by atoms with Crippen LogP contribution >= 0.6 is 0 Å². The Morgan fingerprint density at radius 1 is 1.11 bits per heavy atom. The summed E-state index contributed by atoms with van der Waals surface area (Å²) in [7, 11) is 0.784. The van der Waals surface area contributed by atoms with Gasteiger partial charge in [-0.05, 0) is 0 Å². The van der Waals surface area contributed by atoms with E-state index in [1.807, 2.05) is 0 Å². The van der Waals surface area contributed by atoms with Gasteiger partial charge in [0.15, 0.2) is 5.75 Å². The van der Waals surface area contributed by atoms with E-state index in [-0.39, 0.29) is 6.07 Å². The first-order valence-corrected chi connectivity index (χ1v) is 4.15. The van der Waals surface area contributed by atoms with Crippen LogP contribution in [0.25, 0.3) is 0 Å². The predicted molar refractivity (Wildman–Crippen MR) is 44.1 cm³/mol. The lowest BCUT2D eigenvalue weighted by Crippen LogP contribution is -2.19. The van der Waals surface area contributed by atoms with Crippen LogP contribution < -0.4 is 9.47 Å². The smallest absolute Gasteiger partial charge is 0.503 e. The van der Waals surface area contributed by atoms with Gasteiger partial charge >= 0.3 is 12.5 Å². The molecule has 0 saturated heterocycles. The number of nitrogens with zero attached hydrogens (tertiary/aromatic N) is 1. The molecule has 1 aromatic heterocycles. The minimum Gasteiger partial charge on any atom is -0.503 e. The van der Waals surface area contributed by atoms with Gasteiger partial charge in [-0.15, -0.1) is 13.2 Å². The number of ether oxygens (including phenoxy) is 2. The SMILES string of the molecule is COc1nc(OC(F)(F)F)c(O)cc1C(F)(F)F. The average Bonchev–Trinajstić information content (AvgIpc) is 2.17. The lowest BCUT2D eigenvalue weighted by Gasteiger charge is -2.14. The van der Waals surface area contributed by atoms with E-state index in [0.717, 1.165) is 7.11 Å². The summed E-state index contributed by atoms with van der Waals surface area (Å²) in [5.41, 5.74) is -1.52. The third kappa shape index (κ3) is 3.31. The third-order valence-corrected chi connectivity index (χ3v) is 1.64. The molecule has 0 aliphatic rings. The fraction of sp³-hybridized carbons (Fsp3) is 0.375. The van der Waals surface area contributed by atoms with Crippen molar-refractivity contribution in [2.45, 2.75) is 12.5 Å². The molecule has 102 valence electrons. The molecule has 0 aliphatic heterocycles. The maximum Gasteiger partial charge on any atom is 0.574 e. The van der Waals surface area contributed by atoms with Gasteiger partial charge in [-0.25, -0.2) is 0 Å². The standard InChI is InChI=1S/C8H5F6NO3/c1-17-5-3(7(9,10)11)2-4(16)6(15-5)18-8(12,13)14/h2,16H,1H3. The number of aromatic hydroxyl groups is 1. The van der Waals surface area contributed by atoms with E-state index in [0.29, 0.717) is 0 Å². The van der Waals surface area contributed by atoms with Gasteiger partial charge in [0.25, 0.3) is 5.88 Å². The Morgan fingerprint density at radius 2 is 1.67 bits per heavy atom. The predicted octanol–water partition coefficient (Wildman–Crippen LogP) is 2.71. The second-order valence-corrected chi connectivity index (χ2v) is 2.92. The van der Waals surface area contributed by atoms with Gasteiger partial charge in [0, 0.05) is 6.07 Å². The molecule has 10 heteroatoms. The minimum absolute atomic E-state index is 0.0346. The van der Waals surface area contributed by atoms with Crippen LogP contribution in [0.3, 0.4) is 0 Å². The molecule has 4 nitrogen and oxygen atoms in total. The Morgan fingerprint density at radius 3 is 2.06 bits per heavy atom. The molecule has 0 amide bonds. The van der Waals surface area contributed by atoms with Crippen molar-refractivity contribution >= 4 is 0 Å². The molecule has 0 spiro atoms. The highest BCUT2D eigenvalue weighted by Crippen LogP contribution is 2.41. The number of pyridine rings is 1. The Labute approximate surface area is 95.8 Å². The Bertz CT molecular complexity index is 442. The van der Waals surface area contributed by atoms with E-state index in [1.54, 1.807) is 0 Å². The molecular formula is C8H5F6NO3. The van der Waals surface area contributed by atoms with Gasteiger partial charge in [-0.2, -0.15) is 18.2 Å². The van der Waals surface area contributed by atoms with E-state index >= 15 is 0 Å². The van der Waals surface area contributed by atoms with E-state index < -0.39 is 35.6 Å². The first kappa shape index (κ1) is 14.2. The summed E-state index contributed by atoms with van der Waals surface area (Å²) in [6.07, 6.45) is -10.1. The van der Waals surface area contributed by atoms with Gasteiger partial charge < -0.3 is 14.6 Å². The van der Waals surface area contributed by atoms with Gasteiger partial charge in [0.05, 0.1) is 7.11 Å². The third-order valence-electron chi connectivity index (χ3n) is 1.64. The molecule has 0 unspecified atom stereocenters. The van der Waals surface area contributed by atoms with Crippen LogP contribution in [0.4, 0.5) is 26.3 Å². The molecule has 1 N–H and O–H groups in total. The number of hydrogen-bond donors (Lipinski definition) is 1. The summed E-state index contributed by atoms with van der Waals surface area (Å²) >= 11 is 0. The number of alkyl halides is 6. The average molecular weight is 277 g/mol. The Hall–Kier alpha value is -1.87. The molecular weight excluding hydrogens is 272 g/mol. The molecule has 0 radical (unpaired) electrons. The number of hydrogen-bond acceptors (Lipinski definition) is 4. The molecule has 0 bridgehead atoms. The first-order valence-electron chi connectivity index (χ1n) is 4.15. The molecule has 1 aromatic rings. The largest absolute Gasteiger partial charge is 0.574 e. The van der Waals surface area contributed by atoms with Gasteiger partial charge in [-0.1, -0.05) is 0 Å². The molecule has 0 aliphatic carbocycles. The molecule has 0 saturated carbocycles. The fourth-order valence-corrected chi connectivity index (χ4v) is 1.01. The zero-order chi connectivity index (χ0) is 14.1. The zero-order valence-electron chi connectivity index (χ0n) is 8.56. The van der Waals surface area contributed by atoms with Gasteiger partial charge in [0.2, 0.25) is 5.88 Å². The normalized spacial score (nSPS) is 12.4. The maximum atomic E-state index is 12.4. The molecule has 0 aromatic carbocycles. The number of methoxy groups -OCH3 is 1. The highest BCUT2D eigenvalue weighted by Gasteiger charge is 2.39. The van der Waals surface area contributed by atoms with Crippen LogP contribution in [0.2, 0.25) is 0 Å². The van der Waals surface area contributed by atoms with Crippen molar-refractivity contribution in [3.8, 4) is 17.5 Å². The van der Waals surface area contributed by atoms with Crippen LogP contribution in [0, 0.1) is 0 Å². The highest BCUT2D eigenvalue weighted by atomic mass is 19.4. The summed E-state index contributed by atoms with van der Waals surface area (Å²) in [6.45, 7) is 0. The van der Waals surface area contributed by atoms with Gasteiger partial charge in [0.1, 0.15) is 5.56 Å². The molecule has 0 fully saturated rings. The van der Waals surface area contributed by atoms with Gasteiger partial charge in [-0.3, -0.25) is 0 Å².